The van der Waals surface area contributed by atoms with E-state index in [-0.39, 0.29) is 5.91 Å². The molecule has 2 aromatic carbocycles. The van der Waals surface area contributed by atoms with Gasteiger partial charge in [0.05, 0.1) is 16.8 Å². The number of nitrogens with zero attached hydrogens (tertiary/aromatic N) is 3. The van der Waals surface area contributed by atoms with Crippen LogP contribution in [0.25, 0.3) is 22.2 Å². The summed E-state index contributed by atoms with van der Waals surface area (Å²) in [6.45, 7) is 8.72. The number of aryl methyl sites for hydroxylation is 1. The molecule has 1 aliphatic rings. The molecule has 1 fully saturated rings. The van der Waals surface area contributed by atoms with Gasteiger partial charge in [0.15, 0.2) is 0 Å². The van der Waals surface area contributed by atoms with Gasteiger partial charge in [-0.25, -0.2) is 4.98 Å². The molecule has 0 unspecified atom stereocenters. The van der Waals surface area contributed by atoms with E-state index in [0.717, 1.165) is 60.4 Å². The number of aromatic nitrogens is 1. The summed E-state index contributed by atoms with van der Waals surface area (Å²) >= 11 is 0. The van der Waals surface area contributed by atoms with Gasteiger partial charge in [-0.2, -0.15) is 0 Å². The van der Waals surface area contributed by atoms with Gasteiger partial charge >= 0.3 is 0 Å². The van der Waals surface area contributed by atoms with E-state index in [9.17, 15) is 4.79 Å². The molecule has 138 valence electrons. The van der Waals surface area contributed by atoms with E-state index < -0.39 is 0 Å². The SMILES string of the molecule is CCN1CCN(C(=O)c2cc(-c3cccc(C)c3)nc3ccccc23)CC1. The molecule has 0 atom stereocenters. The molecule has 27 heavy (non-hydrogen) atoms. The van der Waals surface area contributed by atoms with Crippen LogP contribution in [0.4, 0.5) is 0 Å². The van der Waals surface area contributed by atoms with Gasteiger partial charge in [0.2, 0.25) is 0 Å². The number of piperazine rings is 1. The topological polar surface area (TPSA) is 36.4 Å². The number of carbonyl (C=O) groups is 1. The van der Waals surface area contributed by atoms with Crippen LogP contribution in [0.1, 0.15) is 22.8 Å². The molecule has 1 amide bonds. The highest BCUT2D eigenvalue weighted by Crippen LogP contribution is 2.26. The van der Waals surface area contributed by atoms with Gasteiger partial charge in [-0.15, -0.1) is 0 Å². The van der Waals surface area contributed by atoms with E-state index in [1.165, 1.54) is 5.56 Å². The van der Waals surface area contributed by atoms with Crippen LogP contribution < -0.4 is 0 Å². The third kappa shape index (κ3) is 3.58. The first kappa shape index (κ1) is 17.7. The van der Waals surface area contributed by atoms with Crippen molar-refractivity contribution in [2.45, 2.75) is 13.8 Å². The second-order valence-corrected chi connectivity index (χ2v) is 7.17. The maximum atomic E-state index is 13.3. The second-order valence-electron chi connectivity index (χ2n) is 7.17. The van der Waals surface area contributed by atoms with Crippen molar-refractivity contribution in [2.24, 2.45) is 0 Å². The predicted octanol–water partition coefficient (Wildman–Crippen LogP) is 3.99. The summed E-state index contributed by atoms with van der Waals surface area (Å²) in [7, 11) is 0. The molecular formula is C23H25N3O. The highest BCUT2D eigenvalue weighted by atomic mass is 16.2. The number of pyridine rings is 1. The average Bonchev–Trinajstić information content (AvgIpc) is 2.72. The number of fused-ring (bicyclic) bond motifs is 1. The number of para-hydroxylation sites is 1. The van der Waals surface area contributed by atoms with Crippen LogP contribution in [-0.4, -0.2) is 53.4 Å². The van der Waals surface area contributed by atoms with Crippen LogP contribution in [-0.2, 0) is 0 Å². The molecule has 1 saturated heterocycles. The molecule has 0 radical (unpaired) electrons. The molecule has 0 N–H and O–H groups in total. The van der Waals surface area contributed by atoms with Crippen molar-refractivity contribution in [2.75, 3.05) is 32.7 Å². The van der Waals surface area contributed by atoms with Crippen molar-refractivity contribution in [1.29, 1.82) is 0 Å². The normalized spacial score (nSPS) is 15.3. The number of hydrogen-bond acceptors (Lipinski definition) is 3. The smallest absolute Gasteiger partial charge is 0.254 e. The second kappa shape index (κ2) is 7.49. The maximum absolute atomic E-state index is 13.3. The minimum absolute atomic E-state index is 0.109. The molecule has 0 spiro atoms. The highest BCUT2D eigenvalue weighted by Gasteiger charge is 2.23. The van der Waals surface area contributed by atoms with Gasteiger partial charge in [-0.1, -0.05) is 48.9 Å². The standard InChI is InChI=1S/C23H25N3O/c1-3-25-11-13-26(14-12-25)23(27)20-16-22(18-8-6-7-17(2)15-18)24-21-10-5-4-9-19(20)21/h4-10,15-16H,3,11-14H2,1-2H3. The Morgan fingerprint density at radius 2 is 1.78 bits per heavy atom. The molecule has 4 nitrogen and oxygen atoms in total. The first-order chi connectivity index (χ1) is 13.2. The van der Waals surface area contributed by atoms with Crippen LogP contribution in [0.3, 0.4) is 0 Å². The minimum atomic E-state index is 0.109. The number of likely N-dealkylation sites (N-methyl/N-ethyl adjacent to an activating group) is 1. The quantitative estimate of drug-likeness (QED) is 0.709. The van der Waals surface area contributed by atoms with E-state index >= 15 is 0 Å². The maximum Gasteiger partial charge on any atom is 0.254 e. The molecule has 1 aliphatic heterocycles. The largest absolute Gasteiger partial charge is 0.336 e. The molecular weight excluding hydrogens is 334 g/mol. The molecule has 0 saturated carbocycles. The number of benzene rings is 2. The molecule has 4 heteroatoms. The Balaban J connectivity index is 1.76. The summed E-state index contributed by atoms with van der Waals surface area (Å²) in [5.41, 5.74) is 4.71. The lowest BCUT2D eigenvalue weighted by Crippen LogP contribution is -2.48. The Morgan fingerprint density at radius 3 is 2.52 bits per heavy atom. The fourth-order valence-electron chi connectivity index (χ4n) is 3.74. The monoisotopic (exact) mass is 359 g/mol. The zero-order valence-electron chi connectivity index (χ0n) is 16.0. The fourth-order valence-corrected chi connectivity index (χ4v) is 3.74. The van der Waals surface area contributed by atoms with Crippen molar-refractivity contribution in [3.8, 4) is 11.3 Å². The third-order valence-corrected chi connectivity index (χ3v) is 5.37. The zero-order valence-corrected chi connectivity index (χ0v) is 16.0. The Bertz CT molecular complexity index is 974. The van der Waals surface area contributed by atoms with E-state index in [0.29, 0.717) is 0 Å². The molecule has 3 aromatic rings. The fraction of sp³-hybridized carbons (Fsp3) is 0.304. The summed E-state index contributed by atoms with van der Waals surface area (Å²) in [5.74, 6) is 0.109. The third-order valence-electron chi connectivity index (χ3n) is 5.37. The average molecular weight is 359 g/mol. The lowest BCUT2D eigenvalue weighted by atomic mass is 10.0. The summed E-state index contributed by atoms with van der Waals surface area (Å²) in [4.78, 5) is 22.5. The summed E-state index contributed by atoms with van der Waals surface area (Å²) in [5, 5.41) is 0.928. The first-order valence-corrected chi connectivity index (χ1v) is 9.64. The van der Waals surface area contributed by atoms with Crippen LogP contribution in [0.2, 0.25) is 0 Å². The van der Waals surface area contributed by atoms with Gasteiger partial charge < -0.3 is 9.80 Å². The lowest BCUT2D eigenvalue weighted by Gasteiger charge is -2.34. The van der Waals surface area contributed by atoms with Gasteiger partial charge in [0, 0.05) is 37.1 Å². The van der Waals surface area contributed by atoms with Gasteiger partial charge in [-0.05, 0) is 31.7 Å². The van der Waals surface area contributed by atoms with E-state index in [4.69, 9.17) is 4.98 Å². The van der Waals surface area contributed by atoms with Crippen molar-refractivity contribution in [3.63, 3.8) is 0 Å². The van der Waals surface area contributed by atoms with E-state index in [1.807, 2.05) is 41.3 Å². The van der Waals surface area contributed by atoms with Crippen LogP contribution >= 0.6 is 0 Å². The Morgan fingerprint density at radius 1 is 1.00 bits per heavy atom. The van der Waals surface area contributed by atoms with Crippen LogP contribution in [0.15, 0.2) is 54.6 Å². The molecule has 4 rings (SSSR count). The molecule has 0 aliphatic carbocycles. The first-order valence-electron chi connectivity index (χ1n) is 9.64. The van der Waals surface area contributed by atoms with Crippen molar-refractivity contribution in [3.05, 3.63) is 65.7 Å². The summed E-state index contributed by atoms with van der Waals surface area (Å²) in [6, 6.07) is 18.2. The summed E-state index contributed by atoms with van der Waals surface area (Å²) < 4.78 is 0. The highest BCUT2D eigenvalue weighted by molar-refractivity contribution is 6.07. The number of amides is 1. The van der Waals surface area contributed by atoms with Gasteiger partial charge in [0.25, 0.3) is 5.91 Å². The molecule has 1 aromatic heterocycles. The number of hydrogen-bond donors (Lipinski definition) is 0. The Labute approximate surface area is 160 Å². The summed E-state index contributed by atoms with van der Waals surface area (Å²) in [6.07, 6.45) is 0. The van der Waals surface area contributed by atoms with E-state index in [1.54, 1.807) is 0 Å². The number of carbonyl (C=O) groups excluding carboxylic acids is 1. The lowest BCUT2D eigenvalue weighted by molar-refractivity contribution is 0.0645. The Hall–Kier alpha value is -2.72. The molecule has 0 bridgehead atoms. The number of rotatable bonds is 3. The Kier molecular flexibility index (Phi) is 4.90. The zero-order chi connectivity index (χ0) is 18.8. The van der Waals surface area contributed by atoms with Gasteiger partial charge in [-0.3, -0.25) is 4.79 Å². The van der Waals surface area contributed by atoms with E-state index in [2.05, 4.69) is 36.9 Å². The predicted molar refractivity (Wildman–Crippen MR) is 110 cm³/mol. The van der Waals surface area contributed by atoms with Crippen LogP contribution in [0, 0.1) is 6.92 Å². The molecule has 2 heterocycles. The van der Waals surface area contributed by atoms with Crippen molar-refractivity contribution >= 4 is 16.8 Å². The minimum Gasteiger partial charge on any atom is -0.336 e. The van der Waals surface area contributed by atoms with Crippen molar-refractivity contribution < 1.29 is 4.79 Å². The van der Waals surface area contributed by atoms with Crippen LogP contribution in [0.5, 0.6) is 0 Å². The van der Waals surface area contributed by atoms with Gasteiger partial charge in [0.1, 0.15) is 0 Å². The van der Waals surface area contributed by atoms with Crippen molar-refractivity contribution in [1.82, 2.24) is 14.8 Å².